The third kappa shape index (κ3) is 5.12. The van der Waals surface area contributed by atoms with E-state index < -0.39 is 6.04 Å². The van der Waals surface area contributed by atoms with E-state index in [4.69, 9.17) is 5.73 Å². The van der Waals surface area contributed by atoms with Crippen LogP contribution in [-0.2, 0) is 9.59 Å². The predicted molar refractivity (Wildman–Crippen MR) is 80.0 cm³/mol. The van der Waals surface area contributed by atoms with Crippen molar-refractivity contribution in [3.8, 4) is 0 Å². The molecule has 0 aromatic rings. The maximum atomic E-state index is 12.2. The standard InChI is InChI=1S/C15H29N3O2/c1-4-6-13(19)17-9-12-7-5-8-18(10-12)15(20)14(16)11(2)3/h11-12,14H,4-10,16H2,1-3H3,(H,17,19)/t12?,14-/m0/s1. The number of hydrogen-bond donors (Lipinski definition) is 2. The van der Waals surface area contributed by atoms with Gasteiger partial charge in [-0.05, 0) is 31.1 Å². The van der Waals surface area contributed by atoms with Gasteiger partial charge in [-0.15, -0.1) is 0 Å². The molecule has 0 aliphatic carbocycles. The summed E-state index contributed by atoms with van der Waals surface area (Å²) in [6.45, 7) is 8.10. The van der Waals surface area contributed by atoms with Crippen molar-refractivity contribution >= 4 is 11.8 Å². The number of likely N-dealkylation sites (tertiary alicyclic amines) is 1. The van der Waals surface area contributed by atoms with Gasteiger partial charge in [0.2, 0.25) is 11.8 Å². The molecule has 1 saturated heterocycles. The number of amides is 2. The van der Waals surface area contributed by atoms with Gasteiger partial charge in [-0.25, -0.2) is 0 Å². The van der Waals surface area contributed by atoms with Gasteiger partial charge >= 0.3 is 0 Å². The minimum atomic E-state index is -0.413. The van der Waals surface area contributed by atoms with E-state index in [-0.39, 0.29) is 17.7 Å². The highest BCUT2D eigenvalue weighted by Gasteiger charge is 2.28. The van der Waals surface area contributed by atoms with E-state index >= 15 is 0 Å². The van der Waals surface area contributed by atoms with Crippen molar-refractivity contribution in [3.05, 3.63) is 0 Å². The predicted octanol–water partition coefficient (Wildman–Crippen LogP) is 1.12. The van der Waals surface area contributed by atoms with Gasteiger partial charge in [0.1, 0.15) is 0 Å². The first-order chi connectivity index (χ1) is 9.45. The first-order valence-electron chi connectivity index (χ1n) is 7.76. The summed E-state index contributed by atoms with van der Waals surface area (Å²) in [6, 6.07) is -0.413. The van der Waals surface area contributed by atoms with Crippen LogP contribution in [0.1, 0.15) is 46.5 Å². The molecule has 3 N–H and O–H groups in total. The molecule has 1 unspecified atom stereocenters. The summed E-state index contributed by atoms with van der Waals surface area (Å²) in [7, 11) is 0. The fourth-order valence-electron chi connectivity index (χ4n) is 2.50. The lowest BCUT2D eigenvalue weighted by atomic mass is 9.96. The zero-order chi connectivity index (χ0) is 15.1. The van der Waals surface area contributed by atoms with Crippen molar-refractivity contribution in [3.63, 3.8) is 0 Å². The average molecular weight is 283 g/mol. The molecule has 116 valence electrons. The number of carbonyl (C=O) groups is 2. The molecule has 5 heteroatoms. The van der Waals surface area contributed by atoms with E-state index in [9.17, 15) is 9.59 Å². The average Bonchev–Trinajstić information content (AvgIpc) is 2.44. The van der Waals surface area contributed by atoms with E-state index in [0.29, 0.717) is 25.4 Å². The molecule has 0 bridgehead atoms. The molecule has 0 aromatic carbocycles. The number of nitrogens with two attached hydrogens (primary N) is 1. The van der Waals surface area contributed by atoms with E-state index in [1.165, 1.54) is 0 Å². The summed E-state index contributed by atoms with van der Waals surface area (Å²) in [5.74, 6) is 0.666. The molecule has 0 aromatic heterocycles. The maximum absolute atomic E-state index is 12.2. The Hall–Kier alpha value is -1.10. The zero-order valence-corrected chi connectivity index (χ0v) is 13.0. The Morgan fingerprint density at radius 3 is 2.70 bits per heavy atom. The molecule has 0 spiro atoms. The van der Waals surface area contributed by atoms with Gasteiger partial charge in [-0.1, -0.05) is 20.8 Å². The number of nitrogens with zero attached hydrogens (tertiary/aromatic N) is 1. The molecule has 2 amide bonds. The molecule has 1 rings (SSSR count). The van der Waals surface area contributed by atoms with Crippen molar-refractivity contribution in [2.75, 3.05) is 19.6 Å². The Kier molecular flexibility index (Phi) is 6.99. The Bertz CT molecular complexity index is 331. The Labute approximate surface area is 122 Å². The SMILES string of the molecule is CCCC(=O)NCC1CCCN(C(=O)[C@@H](N)C(C)C)C1. The molecule has 1 aliphatic heterocycles. The number of rotatable bonds is 6. The normalized spacial score (nSPS) is 20.9. The molecule has 1 heterocycles. The van der Waals surface area contributed by atoms with Crippen molar-refractivity contribution < 1.29 is 9.59 Å². The van der Waals surface area contributed by atoms with Crippen molar-refractivity contribution in [1.82, 2.24) is 10.2 Å². The quantitative estimate of drug-likeness (QED) is 0.767. The fraction of sp³-hybridized carbons (Fsp3) is 0.867. The lowest BCUT2D eigenvalue weighted by Gasteiger charge is -2.35. The molecule has 20 heavy (non-hydrogen) atoms. The number of piperidine rings is 1. The van der Waals surface area contributed by atoms with Crippen LogP contribution < -0.4 is 11.1 Å². The largest absolute Gasteiger partial charge is 0.356 e. The molecule has 2 atom stereocenters. The van der Waals surface area contributed by atoms with Gasteiger partial charge < -0.3 is 16.0 Å². The van der Waals surface area contributed by atoms with E-state index in [1.807, 2.05) is 25.7 Å². The first-order valence-corrected chi connectivity index (χ1v) is 7.76. The Morgan fingerprint density at radius 2 is 2.10 bits per heavy atom. The third-order valence-corrected chi connectivity index (χ3v) is 3.90. The summed E-state index contributed by atoms with van der Waals surface area (Å²) in [6.07, 6.45) is 3.50. The smallest absolute Gasteiger partial charge is 0.239 e. The molecule has 1 aliphatic rings. The Balaban J connectivity index is 2.42. The van der Waals surface area contributed by atoms with E-state index in [2.05, 4.69) is 5.32 Å². The summed E-state index contributed by atoms with van der Waals surface area (Å²) >= 11 is 0. The minimum absolute atomic E-state index is 0.0459. The van der Waals surface area contributed by atoms with Crippen LogP contribution in [0.4, 0.5) is 0 Å². The van der Waals surface area contributed by atoms with Crippen molar-refractivity contribution in [1.29, 1.82) is 0 Å². The highest BCUT2D eigenvalue weighted by Crippen LogP contribution is 2.17. The van der Waals surface area contributed by atoms with Gasteiger partial charge in [0.15, 0.2) is 0 Å². The van der Waals surface area contributed by atoms with Gasteiger partial charge in [0.25, 0.3) is 0 Å². The summed E-state index contributed by atoms with van der Waals surface area (Å²) < 4.78 is 0. The van der Waals surface area contributed by atoms with Crippen LogP contribution in [0.5, 0.6) is 0 Å². The monoisotopic (exact) mass is 283 g/mol. The molecular weight excluding hydrogens is 254 g/mol. The van der Waals surface area contributed by atoms with Crippen LogP contribution in [-0.4, -0.2) is 42.4 Å². The molecule has 0 saturated carbocycles. The minimum Gasteiger partial charge on any atom is -0.356 e. The van der Waals surface area contributed by atoms with Crippen molar-refractivity contribution in [2.24, 2.45) is 17.6 Å². The fourth-order valence-corrected chi connectivity index (χ4v) is 2.50. The van der Waals surface area contributed by atoms with Gasteiger partial charge in [-0.2, -0.15) is 0 Å². The highest BCUT2D eigenvalue weighted by atomic mass is 16.2. The molecular formula is C15H29N3O2. The highest BCUT2D eigenvalue weighted by molar-refractivity contribution is 5.82. The topological polar surface area (TPSA) is 75.4 Å². The first kappa shape index (κ1) is 17.0. The van der Waals surface area contributed by atoms with Crippen LogP contribution in [0, 0.1) is 11.8 Å². The van der Waals surface area contributed by atoms with E-state index in [1.54, 1.807) is 0 Å². The van der Waals surface area contributed by atoms with Gasteiger partial charge in [0.05, 0.1) is 6.04 Å². The second-order valence-corrected chi connectivity index (χ2v) is 6.12. The van der Waals surface area contributed by atoms with Gasteiger partial charge in [0, 0.05) is 26.1 Å². The molecule has 1 fully saturated rings. The zero-order valence-electron chi connectivity index (χ0n) is 13.0. The summed E-state index contributed by atoms with van der Waals surface area (Å²) in [5, 5.41) is 2.96. The molecule has 0 radical (unpaired) electrons. The summed E-state index contributed by atoms with van der Waals surface area (Å²) in [5.41, 5.74) is 5.94. The number of hydrogen-bond acceptors (Lipinski definition) is 3. The van der Waals surface area contributed by atoms with Crippen molar-refractivity contribution in [2.45, 2.75) is 52.5 Å². The van der Waals surface area contributed by atoms with Crippen LogP contribution in [0.3, 0.4) is 0 Å². The van der Waals surface area contributed by atoms with E-state index in [0.717, 1.165) is 25.8 Å². The second kappa shape index (κ2) is 8.25. The third-order valence-electron chi connectivity index (χ3n) is 3.90. The van der Waals surface area contributed by atoms with Gasteiger partial charge in [-0.3, -0.25) is 9.59 Å². The Morgan fingerprint density at radius 1 is 1.40 bits per heavy atom. The second-order valence-electron chi connectivity index (χ2n) is 6.12. The van der Waals surface area contributed by atoms with Crippen LogP contribution >= 0.6 is 0 Å². The van der Waals surface area contributed by atoms with Crippen LogP contribution in [0.25, 0.3) is 0 Å². The lowest BCUT2D eigenvalue weighted by Crippen LogP contribution is -2.51. The van der Waals surface area contributed by atoms with Crippen LogP contribution in [0.2, 0.25) is 0 Å². The molecule has 5 nitrogen and oxygen atoms in total. The number of nitrogens with one attached hydrogen (secondary N) is 1. The maximum Gasteiger partial charge on any atom is 0.239 e. The number of carbonyl (C=O) groups excluding carboxylic acids is 2. The summed E-state index contributed by atoms with van der Waals surface area (Å²) in [4.78, 5) is 25.6. The van der Waals surface area contributed by atoms with Crippen LogP contribution in [0.15, 0.2) is 0 Å². The lowest BCUT2D eigenvalue weighted by molar-refractivity contribution is -0.135.